The Morgan fingerprint density at radius 1 is 0.857 bits per heavy atom. The van der Waals surface area contributed by atoms with E-state index < -0.39 is 0 Å². The lowest BCUT2D eigenvalue weighted by atomic mass is 9.32. The van der Waals surface area contributed by atoms with Crippen molar-refractivity contribution in [1.29, 1.82) is 0 Å². The highest BCUT2D eigenvalue weighted by molar-refractivity contribution is 5.66. The fraction of sp³-hybridized carbons (Fsp3) is 0.906. The van der Waals surface area contributed by atoms with E-state index in [1.165, 1.54) is 63.4 Å². The van der Waals surface area contributed by atoms with E-state index in [1.807, 2.05) is 0 Å². The highest BCUT2D eigenvalue weighted by atomic mass is 16.5. The third-order valence-corrected chi connectivity index (χ3v) is 13.8. The molecule has 5 aliphatic rings. The number of carbonyl (C=O) groups excluding carboxylic acids is 1. The van der Waals surface area contributed by atoms with E-state index in [-0.39, 0.29) is 22.9 Å². The van der Waals surface area contributed by atoms with E-state index in [4.69, 9.17) is 4.74 Å². The summed E-state index contributed by atoms with van der Waals surface area (Å²) in [6, 6.07) is 0. The Morgan fingerprint density at radius 3 is 2.20 bits per heavy atom. The van der Waals surface area contributed by atoms with Crippen LogP contribution in [0.4, 0.5) is 0 Å². The van der Waals surface area contributed by atoms with Gasteiger partial charge in [-0.3, -0.25) is 4.79 Å². The maximum Gasteiger partial charge on any atom is 0.302 e. The van der Waals surface area contributed by atoms with Gasteiger partial charge >= 0.3 is 5.97 Å². The molecule has 5 rings (SSSR count). The van der Waals surface area contributed by atoms with Crippen LogP contribution in [0.2, 0.25) is 0 Å². The molecular formula is C32H52O3. The van der Waals surface area contributed by atoms with Crippen molar-refractivity contribution in [3.05, 3.63) is 12.2 Å². The summed E-state index contributed by atoms with van der Waals surface area (Å²) in [5.74, 6) is 3.07. The number of fused-ring (bicyclic) bond motifs is 7. The van der Waals surface area contributed by atoms with Crippen LogP contribution >= 0.6 is 0 Å². The van der Waals surface area contributed by atoms with Gasteiger partial charge < -0.3 is 9.84 Å². The second-order valence-electron chi connectivity index (χ2n) is 15.2. The van der Waals surface area contributed by atoms with Crippen LogP contribution < -0.4 is 0 Å². The average molecular weight is 485 g/mol. The number of rotatable bonds is 3. The van der Waals surface area contributed by atoms with Crippen molar-refractivity contribution in [2.45, 2.75) is 119 Å². The molecule has 0 bridgehead atoms. The summed E-state index contributed by atoms with van der Waals surface area (Å²) >= 11 is 0. The quantitative estimate of drug-likeness (QED) is 0.332. The van der Waals surface area contributed by atoms with Gasteiger partial charge in [0.05, 0.1) is 0 Å². The predicted molar refractivity (Wildman–Crippen MR) is 142 cm³/mol. The molecule has 0 spiro atoms. The van der Waals surface area contributed by atoms with Gasteiger partial charge in [0.15, 0.2) is 0 Å². The Hall–Kier alpha value is -0.830. The maximum atomic E-state index is 11.9. The van der Waals surface area contributed by atoms with Gasteiger partial charge in [-0.2, -0.15) is 0 Å². The zero-order valence-corrected chi connectivity index (χ0v) is 23.7. The topological polar surface area (TPSA) is 46.5 Å². The van der Waals surface area contributed by atoms with Crippen molar-refractivity contribution < 1.29 is 14.6 Å². The summed E-state index contributed by atoms with van der Waals surface area (Å²) in [5.41, 5.74) is 2.45. The minimum atomic E-state index is -0.126. The van der Waals surface area contributed by atoms with Gasteiger partial charge in [0.1, 0.15) is 6.10 Å². The Balaban J connectivity index is 1.51. The van der Waals surface area contributed by atoms with Gasteiger partial charge in [-0.1, -0.05) is 46.8 Å². The second-order valence-corrected chi connectivity index (χ2v) is 15.2. The number of carbonyl (C=O) groups is 1. The van der Waals surface area contributed by atoms with Gasteiger partial charge in [0.25, 0.3) is 0 Å². The average Bonchev–Trinajstić information content (AvgIpc) is 3.16. The number of allylic oxidation sites excluding steroid dienone is 1. The van der Waals surface area contributed by atoms with Crippen molar-refractivity contribution >= 4 is 5.97 Å². The van der Waals surface area contributed by atoms with Crippen molar-refractivity contribution in [3.8, 4) is 0 Å². The molecule has 0 heterocycles. The molecule has 5 aliphatic carbocycles. The van der Waals surface area contributed by atoms with Crippen molar-refractivity contribution in [2.24, 2.45) is 56.7 Å². The van der Waals surface area contributed by atoms with Crippen LogP contribution in [-0.2, 0) is 9.53 Å². The second kappa shape index (κ2) is 8.08. The third kappa shape index (κ3) is 3.28. The zero-order chi connectivity index (χ0) is 25.6. The van der Waals surface area contributed by atoms with Crippen LogP contribution in [0.15, 0.2) is 12.2 Å². The molecule has 0 aromatic carbocycles. The number of esters is 1. The molecule has 0 saturated heterocycles. The highest BCUT2D eigenvalue weighted by Gasteiger charge is 2.71. The van der Waals surface area contributed by atoms with Gasteiger partial charge in [0, 0.05) is 18.9 Å². The molecule has 3 nitrogen and oxygen atoms in total. The molecule has 35 heavy (non-hydrogen) atoms. The first-order chi connectivity index (χ1) is 16.3. The fourth-order valence-electron chi connectivity index (χ4n) is 11.9. The molecule has 0 aromatic heterocycles. The van der Waals surface area contributed by atoms with E-state index in [2.05, 4.69) is 48.1 Å². The summed E-state index contributed by atoms with van der Waals surface area (Å²) < 4.78 is 5.90. The van der Waals surface area contributed by atoms with E-state index >= 15 is 0 Å². The SMILES string of the molecule is C=C(C)[C@@H]1CC[C@@]2(CO)CC[C@@]3(C)[C@@H](CC[C@H]4[C@]5(C)CC[C@H](OC(C)=O)C(C)(C)[C@@H]5CC[C@@]43C)[C@H]12. The van der Waals surface area contributed by atoms with Crippen LogP contribution in [0.25, 0.3) is 0 Å². The van der Waals surface area contributed by atoms with Crippen molar-refractivity contribution in [3.63, 3.8) is 0 Å². The standard InChI is InChI=1S/C32H52O3/c1-20(2)22-11-16-32(19-33)18-17-30(7)23(27(22)32)9-10-25-29(6)14-13-26(35-21(3)34)28(4,5)24(29)12-15-31(25,30)8/h22-27,33H,1,9-19H2,2-8H3/t22-,23-,24-,25-,26-,27-,29+,30-,31-,32-/m0/s1. The molecule has 10 atom stereocenters. The van der Waals surface area contributed by atoms with Crippen LogP contribution in [0.1, 0.15) is 113 Å². The molecule has 0 radical (unpaired) electrons. The van der Waals surface area contributed by atoms with E-state index in [1.54, 1.807) is 6.92 Å². The summed E-state index contributed by atoms with van der Waals surface area (Å²) in [4.78, 5) is 11.9. The number of aliphatic hydroxyl groups is 1. The maximum absolute atomic E-state index is 11.9. The Labute approximate surface area is 214 Å². The lowest BCUT2D eigenvalue weighted by molar-refractivity contribution is -0.251. The Bertz CT molecular complexity index is 891. The number of hydrogen-bond acceptors (Lipinski definition) is 3. The number of hydrogen-bond donors (Lipinski definition) is 1. The lowest BCUT2D eigenvalue weighted by Gasteiger charge is -2.73. The van der Waals surface area contributed by atoms with Crippen LogP contribution in [0.5, 0.6) is 0 Å². The smallest absolute Gasteiger partial charge is 0.302 e. The van der Waals surface area contributed by atoms with E-state index in [0.717, 1.165) is 12.3 Å². The largest absolute Gasteiger partial charge is 0.462 e. The molecule has 0 aliphatic heterocycles. The normalized spacial score (nSPS) is 52.5. The fourth-order valence-corrected chi connectivity index (χ4v) is 11.9. The Morgan fingerprint density at radius 2 is 1.57 bits per heavy atom. The first-order valence-electron chi connectivity index (χ1n) is 14.7. The third-order valence-electron chi connectivity index (χ3n) is 13.8. The van der Waals surface area contributed by atoms with Crippen molar-refractivity contribution in [1.82, 2.24) is 0 Å². The molecule has 0 aromatic rings. The first kappa shape index (κ1) is 25.8. The molecule has 5 saturated carbocycles. The van der Waals surface area contributed by atoms with Gasteiger partial charge in [0.2, 0.25) is 0 Å². The predicted octanol–water partition coefficient (Wildman–Crippen LogP) is 7.57. The molecule has 3 heteroatoms. The van der Waals surface area contributed by atoms with Crippen LogP contribution in [0.3, 0.4) is 0 Å². The van der Waals surface area contributed by atoms with Crippen LogP contribution in [0, 0.1) is 56.7 Å². The van der Waals surface area contributed by atoms with Crippen LogP contribution in [-0.4, -0.2) is 23.8 Å². The molecule has 198 valence electrons. The lowest BCUT2D eigenvalue weighted by Crippen LogP contribution is -2.67. The van der Waals surface area contributed by atoms with Crippen molar-refractivity contribution in [2.75, 3.05) is 6.61 Å². The molecule has 0 unspecified atom stereocenters. The summed E-state index contributed by atoms with van der Waals surface area (Å²) in [6.45, 7) is 21.3. The number of aliphatic hydroxyl groups excluding tert-OH is 1. The Kier molecular flexibility index (Phi) is 5.96. The first-order valence-corrected chi connectivity index (χ1v) is 14.7. The molecule has 5 fully saturated rings. The minimum absolute atomic E-state index is 0.0207. The summed E-state index contributed by atoms with van der Waals surface area (Å²) in [6.07, 6.45) is 12.2. The highest BCUT2D eigenvalue weighted by Crippen LogP contribution is 2.77. The monoisotopic (exact) mass is 484 g/mol. The minimum Gasteiger partial charge on any atom is -0.462 e. The molecule has 1 N–H and O–H groups in total. The zero-order valence-electron chi connectivity index (χ0n) is 23.7. The van der Waals surface area contributed by atoms with E-state index in [9.17, 15) is 9.90 Å². The number of ether oxygens (including phenoxy) is 1. The van der Waals surface area contributed by atoms with E-state index in [0.29, 0.717) is 46.5 Å². The molecular weight excluding hydrogens is 432 g/mol. The summed E-state index contributed by atoms with van der Waals surface area (Å²) in [7, 11) is 0. The molecule has 0 amide bonds. The van der Waals surface area contributed by atoms with Gasteiger partial charge in [-0.05, 0) is 122 Å². The van der Waals surface area contributed by atoms with Gasteiger partial charge in [-0.25, -0.2) is 0 Å². The summed E-state index contributed by atoms with van der Waals surface area (Å²) in [5, 5.41) is 10.7. The van der Waals surface area contributed by atoms with Gasteiger partial charge in [-0.15, -0.1) is 0 Å².